The quantitative estimate of drug-likeness (QED) is 0.283. The predicted molar refractivity (Wildman–Crippen MR) is 118 cm³/mol. The molecule has 2 heterocycles. The van der Waals surface area contributed by atoms with Crippen molar-refractivity contribution in [1.29, 1.82) is 0 Å². The Balaban J connectivity index is 1.74. The van der Waals surface area contributed by atoms with Crippen molar-refractivity contribution in [3.63, 3.8) is 0 Å². The van der Waals surface area contributed by atoms with Gasteiger partial charge in [-0.3, -0.25) is 14.5 Å². The normalized spacial score (nSPS) is 17.9. The molecule has 1 atom stereocenters. The van der Waals surface area contributed by atoms with Crippen LogP contribution in [0.15, 0.2) is 78.4 Å². The lowest BCUT2D eigenvalue weighted by atomic mass is 9.94. The van der Waals surface area contributed by atoms with Crippen LogP contribution in [0.1, 0.15) is 22.7 Å². The molecule has 7 heteroatoms. The second-order valence-electron chi connectivity index (χ2n) is 7.67. The third-order valence-corrected chi connectivity index (χ3v) is 5.53. The number of halogens is 1. The molecule has 5 rings (SSSR count). The maximum absolute atomic E-state index is 13.4. The van der Waals surface area contributed by atoms with Gasteiger partial charge < -0.3 is 10.1 Å². The van der Waals surface area contributed by atoms with Gasteiger partial charge in [0.05, 0.1) is 22.6 Å². The summed E-state index contributed by atoms with van der Waals surface area (Å²) in [5.41, 5.74) is 3.10. The van der Waals surface area contributed by atoms with Gasteiger partial charge in [0.15, 0.2) is 0 Å². The van der Waals surface area contributed by atoms with Gasteiger partial charge in [-0.15, -0.1) is 0 Å². The zero-order chi connectivity index (χ0) is 22.4. The molecule has 1 aromatic heterocycles. The van der Waals surface area contributed by atoms with Crippen LogP contribution in [-0.4, -0.2) is 26.8 Å². The standard InChI is InChI=1S/C25H18FN3O3/c1-14-5-4-6-16(13-14)21-20(22(30)15-9-11-17(26)12-10-15)23(31)24(32)29(21)25-27-18-7-2-3-8-19(18)28-25/h2-13,21,30H,1H3,(H,27,28)/b22-20+. The first kappa shape index (κ1) is 19.7. The van der Waals surface area contributed by atoms with E-state index >= 15 is 0 Å². The summed E-state index contributed by atoms with van der Waals surface area (Å²) in [5.74, 6) is -2.27. The van der Waals surface area contributed by atoms with Gasteiger partial charge in [0.2, 0.25) is 5.95 Å². The van der Waals surface area contributed by atoms with E-state index in [1.807, 2.05) is 43.3 Å². The van der Waals surface area contributed by atoms with Crippen LogP contribution >= 0.6 is 0 Å². The van der Waals surface area contributed by atoms with Gasteiger partial charge >= 0.3 is 5.91 Å². The fraction of sp³-hybridized carbons (Fsp3) is 0.0800. The van der Waals surface area contributed by atoms with Crippen molar-refractivity contribution in [1.82, 2.24) is 9.97 Å². The van der Waals surface area contributed by atoms with Crippen LogP contribution in [-0.2, 0) is 9.59 Å². The first-order valence-corrected chi connectivity index (χ1v) is 10.0. The molecule has 1 aliphatic rings. The number of aromatic nitrogens is 2. The lowest BCUT2D eigenvalue weighted by Gasteiger charge is -2.23. The number of fused-ring (bicyclic) bond motifs is 1. The summed E-state index contributed by atoms with van der Waals surface area (Å²) in [4.78, 5) is 35.2. The summed E-state index contributed by atoms with van der Waals surface area (Å²) in [6, 6.07) is 18.9. The zero-order valence-corrected chi connectivity index (χ0v) is 17.0. The van der Waals surface area contributed by atoms with Crippen LogP contribution in [0.3, 0.4) is 0 Å². The predicted octanol–water partition coefficient (Wildman–Crippen LogP) is 4.64. The van der Waals surface area contributed by atoms with E-state index in [2.05, 4.69) is 9.97 Å². The van der Waals surface area contributed by atoms with E-state index in [1.165, 1.54) is 29.2 Å². The van der Waals surface area contributed by atoms with Crippen molar-refractivity contribution in [2.75, 3.05) is 4.90 Å². The molecular weight excluding hydrogens is 409 g/mol. The highest BCUT2D eigenvalue weighted by atomic mass is 19.1. The molecule has 1 fully saturated rings. The Bertz CT molecular complexity index is 1370. The number of carbonyl (C=O) groups excluding carboxylic acids is 2. The van der Waals surface area contributed by atoms with Crippen LogP contribution in [0.5, 0.6) is 0 Å². The summed E-state index contributed by atoms with van der Waals surface area (Å²) in [5, 5.41) is 11.0. The number of hydrogen-bond donors (Lipinski definition) is 2. The number of nitrogens with zero attached hydrogens (tertiary/aromatic N) is 2. The van der Waals surface area contributed by atoms with E-state index < -0.39 is 23.5 Å². The molecule has 0 saturated carbocycles. The summed E-state index contributed by atoms with van der Waals surface area (Å²) in [6.45, 7) is 1.90. The number of aliphatic hydroxyl groups is 1. The number of carbonyl (C=O) groups is 2. The molecule has 0 bridgehead atoms. The number of H-pyrrole nitrogens is 1. The van der Waals surface area contributed by atoms with Crippen LogP contribution in [0.4, 0.5) is 10.3 Å². The Kier molecular flexibility index (Phi) is 4.59. The average Bonchev–Trinajstić information content (AvgIpc) is 3.32. The maximum Gasteiger partial charge on any atom is 0.302 e. The molecule has 1 aliphatic heterocycles. The molecule has 0 aliphatic carbocycles. The topological polar surface area (TPSA) is 86.3 Å². The largest absolute Gasteiger partial charge is 0.507 e. The molecule has 1 amide bonds. The second kappa shape index (κ2) is 7.46. The van der Waals surface area contributed by atoms with Crippen molar-refractivity contribution < 1.29 is 19.1 Å². The maximum atomic E-state index is 13.4. The van der Waals surface area contributed by atoms with Crippen molar-refractivity contribution in [3.8, 4) is 0 Å². The summed E-state index contributed by atoms with van der Waals surface area (Å²) >= 11 is 0. The molecule has 0 radical (unpaired) electrons. The van der Waals surface area contributed by atoms with Crippen LogP contribution in [0.25, 0.3) is 16.8 Å². The average molecular weight is 427 g/mol. The number of aromatic amines is 1. The second-order valence-corrected chi connectivity index (χ2v) is 7.67. The van der Waals surface area contributed by atoms with Crippen molar-refractivity contribution >= 4 is 34.4 Å². The van der Waals surface area contributed by atoms with E-state index in [-0.39, 0.29) is 22.8 Å². The third kappa shape index (κ3) is 3.15. The number of Topliss-reactive ketones (excluding diaryl/α,β-unsaturated/α-hetero) is 1. The molecule has 6 nitrogen and oxygen atoms in total. The number of hydrogen-bond acceptors (Lipinski definition) is 4. The fourth-order valence-corrected chi connectivity index (χ4v) is 4.02. The number of nitrogens with one attached hydrogen (secondary N) is 1. The molecule has 4 aromatic rings. The molecule has 2 N–H and O–H groups in total. The van der Waals surface area contributed by atoms with Crippen molar-refractivity contribution in [3.05, 3.63) is 101 Å². The summed E-state index contributed by atoms with van der Waals surface area (Å²) in [6.07, 6.45) is 0. The number of anilines is 1. The van der Waals surface area contributed by atoms with Gasteiger partial charge in [-0.1, -0.05) is 42.0 Å². The minimum atomic E-state index is -0.902. The highest BCUT2D eigenvalue weighted by Gasteiger charge is 2.48. The van der Waals surface area contributed by atoms with Crippen molar-refractivity contribution in [2.45, 2.75) is 13.0 Å². The van der Waals surface area contributed by atoms with Crippen molar-refractivity contribution in [2.24, 2.45) is 0 Å². The first-order valence-electron chi connectivity index (χ1n) is 10.0. The number of ketones is 1. The van der Waals surface area contributed by atoms with Gasteiger partial charge in [0, 0.05) is 5.56 Å². The first-order chi connectivity index (χ1) is 15.4. The minimum absolute atomic E-state index is 0.0762. The van der Waals surface area contributed by atoms with Crippen LogP contribution in [0, 0.1) is 12.7 Å². The zero-order valence-electron chi connectivity index (χ0n) is 17.0. The Morgan fingerprint density at radius 1 is 1.03 bits per heavy atom. The van der Waals surface area contributed by atoms with Gasteiger partial charge in [-0.2, -0.15) is 0 Å². The third-order valence-electron chi connectivity index (χ3n) is 5.53. The van der Waals surface area contributed by atoms with E-state index in [4.69, 9.17) is 0 Å². The van der Waals surface area contributed by atoms with Gasteiger partial charge in [-0.05, 0) is 48.9 Å². The molecule has 1 saturated heterocycles. The highest BCUT2D eigenvalue weighted by molar-refractivity contribution is 6.51. The van der Waals surface area contributed by atoms with E-state index in [0.717, 1.165) is 5.56 Å². The Labute approximate surface area is 182 Å². The van der Waals surface area contributed by atoms with E-state index in [1.54, 1.807) is 12.1 Å². The number of para-hydroxylation sites is 2. The highest BCUT2D eigenvalue weighted by Crippen LogP contribution is 2.41. The van der Waals surface area contributed by atoms with E-state index in [0.29, 0.717) is 16.6 Å². The van der Waals surface area contributed by atoms with Crippen LogP contribution < -0.4 is 4.90 Å². The molecule has 3 aromatic carbocycles. The lowest BCUT2D eigenvalue weighted by molar-refractivity contribution is -0.132. The summed E-state index contributed by atoms with van der Waals surface area (Å²) in [7, 11) is 0. The molecule has 0 spiro atoms. The number of rotatable bonds is 3. The number of amides is 1. The molecule has 32 heavy (non-hydrogen) atoms. The SMILES string of the molecule is Cc1cccc(C2/C(=C(\O)c3ccc(F)cc3)C(=O)C(=O)N2c2nc3ccccc3[nH]2)c1. The number of benzene rings is 3. The number of imidazole rings is 1. The van der Waals surface area contributed by atoms with Gasteiger partial charge in [0.1, 0.15) is 11.6 Å². The number of aryl methyl sites for hydroxylation is 1. The smallest absolute Gasteiger partial charge is 0.302 e. The van der Waals surface area contributed by atoms with Gasteiger partial charge in [-0.25, -0.2) is 9.37 Å². The summed E-state index contributed by atoms with van der Waals surface area (Å²) < 4.78 is 13.4. The fourth-order valence-electron chi connectivity index (χ4n) is 4.02. The Hall–Kier alpha value is -4.26. The number of aliphatic hydroxyl groups excluding tert-OH is 1. The Morgan fingerprint density at radius 2 is 1.78 bits per heavy atom. The molecule has 1 unspecified atom stereocenters. The minimum Gasteiger partial charge on any atom is -0.507 e. The Morgan fingerprint density at radius 3 is 2.50 bits per heavy atom. The monoisotopic (exact) mass is 427 g/mol. The van der Waals surface area contributed by atoms with Crippen LogP contribution in [0.2, 0.25) is 0 Å². The molecular formula is C25H18FN3O3. The van der Waals surface area contributed by atoms with Gasteiger partial charge in [0.25, 0.3) is 5.78 Å². The van der Waals surface area contributed by atoms with E-state index in [9.17, 15) is 19.1 Å². The lowest BCUT2D eigenvalue weighted by Crippen LogP contribution is -2.30. The molecule has 158 valence electrons.